The van der Waals surface area contributed by atoms with Gasteiger partial charge in [0.05, 0.1) is 32.6 Å². The Morgan fingerprint density at radius 1 is 0.963 bits per heavy atom. The first-order chi connectivity index (χ1) is 12.9. The van der Waals surface area contributed by atoms with Crippen LogP contribution < -0.4 is 19.5 Å². The van der Waals surface area contributed by atoms with Crippen molar-refractivity contribution in [3.8, 4) is 17.2 Å². The lowest BCUT2D eigenvalue weighted by Crippen LogP contribution is -2.16. The molecule has 0 aliphatic heterocycles. The van der Waals surface area contributed by atoms with Crippen molar-refractivity contribution >= 4 is 17.6 Å². The van der Waals surface area contributed by atoms with Gasteiger partial charge in [-0.15, -0.1) is 0 Å². The Bertz CT molecular complexity index is 841. The van der Waals surface area contributed by atoms with Crippen LogP contribution in [0.3, 0.4) is 0 Å². The lowest BCUT2D eigenvalue weighted by Gasteiger charge is -2.13. The van der Waals surface area contributed by atoms with Gasteiger partial charge in [0.25, 0.3) is 5.91 Å². The maximum Gasteiger partial charge on any atom is 0.387 e. The van der Waals surface area contributed by atoms with Crippen molar-refractivity contribution in [2.24, 2.45) is 0 Å². The van der Waals surface area contributed by atoms with Gasteiger partial charge in [-0.2, -0.15) is 8.78 Å². The summed E-state index contributed by atoms with van der Waals surface area (Å²) in [6.07, 6.45) is 0. The number of halogens is 2. The van der Waals surface area contributed by atoms with Crippen molar-refractivity contribution in [3.05, 3.63) is 47.5 Å². The number of carbonyl (C=O) groups excluding carboxylic acids is 2. The number of hydrogen-bond acceptors (Lipinski definition) is 6. The fourth-order valence-electron chi connectivity index (χ4n) is 2.24. The molecule has 1 amide bonds. The second kappa shape index (κ2) is 8.84. The third kappa shape index (κ3) is 4.84. The van der Waals surface area contributed by atoms with Crippen LogP contribution in [-0.4, -0.2) is 39.8 Å². The summed E-state index contributed by atoms with van der Waals surface area (Å²) in [4.78, 5) is 24.4. The van der Waals surface area contributed by atoms with Crippen LogP contribution in [0.1, 0.15) is 20.7 Å². The number of ether oxygens (including phenoxy) is 4. The highest BCUT2D eigenvalue weighted by Crippen LogP contribution is 2.30. The zero-order valence-electron chi connectivity index (χ0n) is 14.7. The van der Waals surface area contributed by atoms with E-state index in [0.717, 1.165) is 6.07 Å². The molecule has 2 aromatic rings. The van der Waals surface area contributed by atoms with E-state index in [0.29, 0.717) is 5.75 Å². The van der Waals surface area contributed by atoms with Crippen molar-refractivity contribution < 1.29 is 37.3 Å². The van der Waals surface area contributed by atoms with E-state index in [4.69, 9.17) is 14.2 Å². The molecule has 1 N–H and O–H groups in total. The molecule has 0 aliphatic rings. The number of amides is 1. The molecule has 2 rings (SSSR count). The second-order valence-electron chi connectivity index (χ2n) is 5.10. The van der Waals surface area contributed by atoms with Crippen LogP contribution in [0.25, 0.3) is 0 Å². The molecule has 0 bridgehead atoms. The SMILES string of the molecule is COC(=O)c1cc(OC)ccc1NC(=O)c1ccc(OC)c(OC(F)F)c1. The van der Waals surface area contributed by atoms with Crippen LogP contribution in [0.5, 0.6) is 17.2 Å². The molecule has 0 spiro atoms. The minimum Gasteiger partial charge on any atom is -0.497 e. The molecule has 0 heterocycles. The fourth-order valence-corrected chi connectivity index (χ4v) is 2.24. The van der Waals surface area contributed by atoms with Gasteiger partial charge in [0, 0.05) is 5.56 Å². The van der Waals surface area contributed by atoms with Crippen LogP contribution >= 0.6 is 0 Å². The molecule has 0 radical (unpaired) electrons. The topological polar surface area (TPSA) is 83.1 Å². The molecule has 0 aromatic heterocycles. The smallest absolute Gasteiger partial charge is 0.387 e. The summed E-state index contributed by atoms with van der Waals surface area (Å²) in [5, 5.41) is 2.53. The molecule has 0 aliphatic carbocycles. The van der Waals surface area contributed by atoms with E-state index in [1.54, 1.807) is 6.07 Å². The molecule has 0 saturated carbocycles. The molecule has 144 valence electrons. The van der Waals surface area contributed by atoms with Gasteiger partial charge in [-0.3, -0.25) is 4.79 Å². The maximum absolute atomic E-state index is 12.5. The highest BCUT2D eigenvalue weighted by Gasteiger charge is 2.18. The van der Waals surface area contributed by atoms with Gasteiger partial charge < -0.3 is 24.3 Å². The molecule has 0 fully saturated rings. The number of nitrogens with one attached hydrogen (secondary N) is 1. The Hall–Kier alpha value is -3.36. The Labute approximate surface area is 153 Å². The third-order valence-electron chi connectivity index (χ3n) is 3.52. The van der Waals surface area contributed by atoms with Gasteiger partial charge in [-0.05, 0) is 36.4 Å². The first-order valence-corrected chi connectivity index (χ1v) is 7.60. The predicted molar refractivity (Wildman–Crippen MR) is 91.9 cm³/mol. The molecule has 9 heteroatoms. The third-order valence-corrected chi connectivity index (χ3v) is 3.52. The van der Waals surface area contributed by atoms with Crippen molar-refractivity contribution in [3.63, 3.8) is 0 Å². The van der Waals surface area contributed by atoms with Gasteiger partial charge in [0.15, 0.2) is 11.5 Å². The maximum atomic E-state index is 12.5. The number of methoxy groups -OCH3 is 3. The first kappa shape index (κ1) is 20.0. The van der Waals surface area contributed by atoms with Crippen LogP contribution in [0.4, 0.5) is 14.5 Å². The highest BCUT2D eigenvalue weighted by molar-refractivity contribution is 6.08. The zero-order valence-corrected chi connectivity index (χ0v) is 14.7. The monoisotopic (exact) mass is 381 g/mol. The average molecular weight is 381 g/mol. The van der Waals surface area contributed by atoms with E-state index in [1.807, 2.05) is 0 Å². The van der Waals surface area contributed by atoms with E-state index in [2.05, 4.69) is 10.1 Å². The molecular weight excluding hydrogens is 364 g/mol. The first-order valence-electron chi connectivity index (χ1n) is 7.60. The lowest BCUT2D eigenvalue weighted by molar-refractivity contribution is -0.0512. The van der Waals surface area contributed by atoms with E-state index < -0.39 is 18.5 Å². The van der Waals surface area contributed by atoms with E-state index >= 15 is 0 Å². The van der Waals surface area contributed by atoms with Gasteiger partial charge in [-0.25, -0.2) is 4.79 Å². The van der Waals surface area contributed by atoms with Gasteiger partial charge in [0.1, 0.15) is 5.75 Å². The summed E-state index contributed by atoms with van der Waals surface area (Å²) >= 11 is 0. The largest absolute Gasteiger partial charge is 0.497 e. The molecular formula is C18H17F2NO6. The highest BCUT2D eigenvalue weighted by atomic mass is 19.3. The van der Waals surface area contributed by atoms with Crippen molar-refractivity contribution in [2.45, 2.75) is 6.61 Å². The Morgan fingerprint density at radius 3 is 2.30 bits per heavy atom. The second-order valence-corrected chi connectivity index (χ2v) is 5.10. The average Bonchev–Trinajstić information content (AvgIpc) is 2.67. The van der Waals surface area contributed by atoms with Crippen molar-refractivity contribution in [1.82, 2.24) is 0 Å². The summed E-state index contributed by atoms with van der Waals surface area (Å²) in [5.41, 5.74) is 0.264. The van der Waals surface area contributed by atoms with E-state index in [1.165, 1.54) is 45.6 Å². The Balaban J connectivity index is 2.33. The zero-order chi connectivity index (χ0) is 20.0. The summed E-state index contributed by atoms with van der Waals surface area (Å²) in [6.45, 7) is -3.08. The molecule has 2 aromatic carbocycles. The number of rotatable bonds is 7. The summed E-state index contributed by atoms with van der Waals surface area (Å²) in [7, 11) is 3.91. The minimum absolute atomic E-state index is 0.0260. The van der Waals surface area contributed by atoms with Gasteiger partial charge in [-0.1, -0.05) is 0 Å². The number of benzene rings is 2. The number of esters is 1. The standard InChI is InChI=1S/C18H17F2NO6/c1-24-11-5-6-13(12(9-11)17(23)26-3)21-16(22)10-4-7-14(25-2)15(8-10)27-18(19)20/h4-9,18H,1-3H3,(H,21,22). The molecule has 27 heavy (non-hydrogen) atoms. The molecule has 0 unspecified atom stereocenters. The quantitative estimate of drug-likeness (QED) is 0.741. The van der Waals surface area contributed by atoms with Crippen molar-refractivity contribution in [2.75, 3.05) is 26.6 Å². The molecule has 7 nitrogen and oxygen atoms in total. The minimum atomic E-state index is -3.08. The van der Waals surface area contributed by atoms with Crippen LogP contribution in [0.2, 0.25) is 0 Å². The number of anilines is 1. The molecule has 0 atom stereocenters. The Kier molecular flexibility index (Phi) is 6.53. The Morgan fingerprint density at radius 2 is 1.70 bits per heavy atom. The lowest BCUT2D eigenvalue weighted by atomic mass is 10.1. The van der Waals surface area contributed by atoms with Crippen LogP contribution in [0.15, 0.2) is 36.4 Å². The van der Waals surface area contributed by atoms with Gasteiger partial charge in [0.2, 0.25) is 0 Å². The van der Waals surface area contributed by atoms with Crippen LogP contribution in [0, 0.1) is 0 Å². The van der Waals surface area contributed by atoms with E-state index in [-0.39, 0.29) is 28.3 Å². The van der Waals surface area contributed by atoms with Crippen LogP contribution in [-0.2, 0) is 4.74 Å². The normalized spacial score (nSPS) is 10.3. The summed E-state index contributed by atoms with van der Waals surface area (Å²) < 4.78 is 44.1. The van der Waals surface area contributed by atoms with Gasteiger partial charge >= 0.3 is 12.6 Å². The predicted octanol–water partition coefficient (Wildman–Crippen LogP) is 3.34. The van der Waals surface area contributed by atoms with Crippen molar-refractivity contribution in [1.29, 1.82) is 0 Å². The summed E-state index contributed by atoms with van der Waals surface area (Å²) in [6, 6.07) is 8.21. The number of alkyl halides is 2. The van der Waals surface area contributed by atoms with E-state index in [9.17, 15) is 18.4 Å². The summed E-state index contributed by atoms with van der Waals surface area (Å²) in [5.74, 6) is -1.17. The molecule has 0 saturated heterocycles. The number of carbonyl (C=O) groups is 2. The number of hydrogen-bond donors (Lipinski definition) is 1. The fraction of sp³-hybridized carbons (Fsp3) is 0.222.